The topological polar surface area (TPSA) is 12.5 Å². The monoisotopic (exact) mass is 251 g/mol. The molecule has 1 aliphatic heterocycles. The lowest BCUT2D eigenvalue weighted by molar-refractivity contribution is 0.601. The third-order valence-corrected chi connectivity index (χ3v) is 3.87. The molecule has 96 valence electrons. The van der Waals surface area contributed by atoms with E-state index in [-0.39, 0.29) is 7.05 Å². The Bertz CT molecular complexity index is 618. The van der Waals surface area contributed by atoms with Crippen molar-refractivity contribution >= 4 is 18.2 Å². The lowest BCUT2D eigenvalue weighted by atomic mass is 9.68. The van der Waals surface area contributed by atoms with E-state index in [1.54, 1.807) is 0 Å². The fraction of sp³-hybridized carbons (Fsp3) is 0.250. The van der Waals surface area contributed by atoms with Crippen LogP contribution in [0.2, 0.25) is 0 Å². The van der Waals surface area contributed by atoms with Gasteiger partial charge in [-0.25, -0.2) is 0 Å². The standard InChI is InChI=1S/C16H18BNO/c1-11-8-9-14-15(10-11)19-17(18(14)4)16-12(2)6-5-7-13(16)3/h5-10H,1-4H3. The fourth-order valence-electron chi connectivity index (χ4n) is 2.80. The molecule has 0 radical (unpaired) electrons. The number of hydrogen-bond donors (Lipinski definition) is 0. The van der Waals surface area contributed by atoms with Crippen LogP contribution in [-0.2, 0) is 0 Å². The van der Waals surface area contributed by atoms with Crippen LogP contribution in [0.1, 0.15) is 16.7 Å². The average Bonchev–Trinajstić information content (AvgIpc) is 2.66. The first-order valence-corrected chi connectivity index (χ1v) is 6.64. The first kappa shape index (κ1) is 12.2. The minimum absolute atomic E-state index is 0.0157. The highest BCUT2D eigenvalue weighted by Gasteiger charge is 2.37. The molecular formula is C16H18BNO. The van der Waals surface area contributed by atoms with Gasteiger partial charge in [-0.1, -0.05) is 35.4 Å². The van der Waals surface area contributed by atoms with Gasteiger partial charge in [0.25, 0.3) is 0 Å². The van der Waals surface area contributed by atoms with Crippen molar-refractivity contribution < 1.29 is 4.65 Å². The van der Waals surface area contributed by atoms with Crippen LogP contribution in [0, 0.1) is 20.8 Å². The minimum Gasteiger partial charge on any atom is -0.536 e. The zero-order chi connectivity index (χ0) is 13.6. The summed E-state index contributed by atoms with van der Waals surface area (Å²) in [5, 5.41) is 0. The van der Waals surface area contributed by atoms with E-state index in [4.69, 9.17) is 4.65 Å². The molecule has 3 heteroatoms. The summed E-state index contributed by atoms with van der Waals surface area (Å²) in [4.78, 5) is 2.21. The molecule has 1 aliphatic rings. The van der Waals surface area contributed by atoms with Gasteiger partial charge in [0.1, 0.15) is 5.75 Å². The van der Waals surface area contributed by atoms with Crippen LogP contribution in [0.3, 0.4) is 0 Å². The minimum atomic E-state index is -0.0157. The maximum Gasteiger partial charge on any atom is 0.519 e. The van der Waals surface area contributed by atoms with Crippen LogP contribution in [-0.4, -0.2) is 14.1 Å². The lowest BCUT2D eigenvalue weighted by Crippen LogP contribution is -2.49. The number of rotatable bonds is 1. The van der Waals surface area contributed by atoms with Crippen molar-refractivity contribution in [2.24, 2.45) is 0 Å². The predicted octanol–water partition coefficient (Wildman–Crippen LogP) is 2.84. The second kappa shape index (κ2) is 4.34. The first-order valence-electron chi connectivity index (χ1n) is 6.64. The molecule has 0 bridgehead atoms. The molecule has 0 atom stereocenters. The number of hydrogen-bond acceptors (Lipinski definition) is 2. The van der Waals surface area contributed by atoms with Crippen LogP contribution < -0.4 is 14.9 Å². The number of benzene rings is 2. The summed E-state index contributed by atoms with van der Waals surface area (Å²) in [7, 11) is 2.08. The van der Waals surface area contributed by atoms with Gasteiger partial charge >= 0.3 is 7.05 Å². The predicted molar refractivity (Wildman–Crippen MR) is 81.5 cm³/mol. The SMILES string of the molecule is Cc1ccc2c(c1)OB(c1c(C)cccc1C)N2C. The molecule has 0 saturated carbocycles. The van der Waals surface area contributed by atoms with Crippen LogP contribution >= 0.6 is 0 Å². The molecular weight excluding hydrogens is 233 g/mol. The Labute approximate surface area is 115 Å². The first-order chi connectivity index (χ1) is 9.08. The molecule has 0 unspecified atom stereocenters. The highest BCUT2D eigenvalue weighted by molar-refractivity contribution is 6.73. The summed E-state index contributed by atoms with van der Waals surface area (Å²) in [6.07, 6.45) is 0. The number of nitrogens with zero attached hydrogens (tertiary/aromatic N) is 1. The van der Waals surface area contributed by atoms with Crippen LogP contribution in [0.4, 0.5) is 5.69 Å². The van der Waals surface area contributed by atoms with Gasteiger partial charge in [-0.05, 0) is 51.0 Å². The van der Waals surface area contributed by atoms with Crippen molar-refractivity contribution in [3.8, 4) is 5.75 Å². The molecule has 3 rings (SSSR count). The molecule has 19 heavy (non-hydrogen) atoms. The van der Waals surface area contributed by atoms with Gasteiger partial charge in [0, 0.05) is 0 Å². The second-order valence-corrected chi connectivity index (χ2v) is 5.36. The number of aryl methyl sites for hydroxylation is 3. The molecule has 0 spiro atoms. The number of anilines is 1. The summed E-state index contributed by atoms with van der Waals surface area (Å²) < 4.78 is 6.17. The van der Waals surface area contributed by atoms with E-state index in [9.17, 15) is 0 Å². The molecule has 0 fully saturated rings. The summed E-state index contributed by atoms with van der Waals surface area (Å²) in [6.45, 7) is 6.39. The van der Waals surface area contributed by atoms with E-state index in [1.807, 2.05) is 0 Å². The van der Waals surface area contributed by atoms with E-state index in [0.29, 0.717) is 0 Å². The number of fused-ring (bicyclic) bond motifs is 1. The Kier molecular flexibility index (Phi) is 2.77. The van der Waals surface area contributed by atoms with Gasteiger partial charge in [-0.2, -0.15) is 0 Å². The maximum atomic E-state index is 6.17. The van der Waals surface area contributed by atoms with E-state index >= 15 is 0 Å². The molecule has 1 heterocycles. The molecule has 0 amide bonds. The Hall–Kier alpha value is -1.90. The Morgan fingerprint density at radius 1 is 1.00 bits per heavy atom. The summed E-state index contributed by atoms with van der Waals surface area (Å²) in [6, 6.07) is 12.8. The smallest absolute Gasteiger partial charge is 0.519 e. The third kappa shape index (κ3) is 1.90. The molecule has 0 saturated heterocycles. The fourth-order valence-corrected chi connectivity index (χ4v) is 2.80. The van der Waals surface area contributed by atoms with Gasteiger partial charge in [-0.3, -0.25) is 0 Å². The highest BCUT2D eigenvalue weighted by Crippen LogP contribution is 2.35. The van der Waals surface area contributed by atoms with Crippen molar-refractivity contribution in [1.29, 1.82) is 0 Å². The third-order valence-electron chi connectivity index (χ3n) is 3.87. The molecule has 0 aromatic heterocycles. The summed E-state index contributed by atoms with van der Waals surface area (Å²) in [5.74, 6) is 0.982. The summed E-state index contributed by atoms with van der Waals surface area (Å²) in [5.41, 5.74) is 6.23. The van der Waals surface area contributed by atoms with Gasteiger partial charge in [-0.15, -0.1) is 0 Å². The van der Waals surface area contributed by atoms with E-state index in [2.05, 4.69) is 69.0 Å². The maximum absolute atomic E-state index is 6.17. The van der Waals surface area contributed by atoms with E-state index in [0.717, 1.165) is 5.75 Å². The van der Waals surface area contributed by atoms with E-state index in [1.165, 1.54) is 27.8 Å². The highest BCUT2D eigenvalue weighted by atomic mass is 16.5. The average molecular weight is 251 g/mol. The van der Waals surface area contributed by atoms with Gasteiger partial charge in [0.2, 0.25) is 0 Å². The van der Waals surface area contributed by atoms with Crippen LogP contribution in [0.15, 0.2) is 36.4 Å². The van der Waals surface area contributed by atoms with Gasteiger partial charge < -0.3 is 9.47 Å². The lowest BCUT2D eigenvalue weighted by Gasteiger charge is -2.19. The zero-order valence-corrected chi connectivity index (χ0v) is 11.9. The van der Waals surface area contributed by atoms with E-state index < -0.39 is 0 Å². The quantitative estimate of drug-likeness (QED) is 0.722. The van der Waals surface area contributed by atoms with Crippen LogP contribution in [0.25, 0.3) is 0 Å². The summed E-state index contributed by atoms with van der Waals surface area (Å²) >= 11 is 0. The Morgan fingerprint density at radius 2 is 1.68 bits per heavy atom. The van der Waals surface area contributed by atoms with Crippen molar-refractivity contribution in [3.63, 3.8) is 0 Å². The molecule has 0 N–H and O–H groups in total. The van der Waals surface area contributed by atoms with Gasteiger partial charge in [0.05, 0.1) is 5.69 Å². The zero-order valence-electron chi connectivity index (χ0n) is 11.9. The largest absolute Gasteiger partial charge is 0.536 e. The van der Waals surface area contributed by atoms with Crippen molar-refractivity contribution in [1.82, 2.24) is 0 Å². The van der Waals surface area contributed by atoms with Crippen molar-refractivity contribution in [3.05, 3.63) is 53.1 Å². The second-order valence-electron chi connectivity index (χ2n) is 5.36. The molecule has 2 aromatic carbocycles. The molecule has 2 nitrogen and oxygen atoms in total. The Morgan fingerprint density at radius 3 is 2.37 bits per heavy atom. The molecule has 0 aliphatic carbocycles. The van der Waals surface area contributed by atoms with Crippen molar-refractivity contribution in [2.45, 2.75) is 20.8 Å². The normalized spacial score (nSPS) is 13.5. The Balaban J connectivity index is 2.06. The molecule has 2 aromatic rings. The van der Waals surface area contributed by atoms with Crippen molar-refractivity contribution in [2.75, 3.05) is 11.9 Å². The van der Waals surface area contributed by atoms with Crippen LogP contribution in [0.5, 0.6) is 5.75 Å². The van der Waals surface area contributed by atoms with Gasteiger partial charge in [0.15, 0.2) is 0 Å².